The van der Waals surface area contributed by atoms with E-state index in [2.05, 4.69) is 20.3 Å². The van der Waals surface area contributed by atoms with Gasteiger partial charge < -0.3 is 15.0 Å². The van der Waals surface area contributed by atoms with Gasteiger partial charge in [0.25, 0.3) is 0 Å². The van der Waals surface area contributed by atoms with Crippen LogP contribution >= 0.6 is 0 Å². The number of ketones is 1. The molecule has 0 spiro atoms. The molecule has 1 unspecified atom stereocenters. The van der Waals surface area contributed by atoms with Crippen molar-refractivity contribution in [1.29, 1.82) is 0 Å². The average molecular weight is 495 g/mol. The van der Waals surface area contributed by atoms with Gasteiger partial charge in [-0.1, -0.05) is 6.07 Å². The molecule has 0 radical (unpaired) electrons. The van der Waals surface area contributed by atoms with E-state index >= 15 is 0 Å². The highest BCUT2D eigenvalue weighted by Gasteiger charge is 2.27. The lowest BCUT2D eigenvalue weighted by atomic mass is 9.89. The van der Waals surface area contributed by atoms with Crippen LogP contribution in [0.2, 0.25) is 0 Å². The number of carbonyl (C=O) groups is 1. The molecule has 4 heterocycles. The molecule has 1 saturated heterocycles. The van der Waals surface area contributed by atoms with E-state index in [0.29, 0.717) is 31.2 Å². The molecular weight excluding hydrogens is 466 g/mol. The first-order valence-electron chi connectivity index (χ1n) is 12.0. The summed E-state index contributed by atoms with van der Waals surface area (Å²) in [6, 6.07) is 6.63. The summed E-state index contributed by atoms with van der Waals surface area (Å²) in [6.45, 7) is 6.29. The zero-order valence-electron chi connectivity index (χ0n) is 20.5. The van der Waals surface area contributed by atoms with Gasteiger partial charge in [0.2, 0.25) is 5.95 Å². The number of likely N-dealkylation sites (tertiary alicyclic amines) is 1. The molecule has 5 rings (SSSR count). The molecule has 0 bridgehead atoms. The third kappa shape index (κ3) is 4.73. The van der Waals surface area contributed by atoms with Crippen LogP contribution in [0.3, 0.4) is 0 Å². The Hall–Kier alpha value is -3.66. The van der Waals surface area contributed by atoms with Crippen LogP contribution in [0, 0.1) is 11.6 Å². The predicted octanol–water partition coefficient (Wildman–Crippen LogP) is 4.16. The number of nitrogens with zero attached hydrogens (tertiary/aromatic N) is 5. The Morgan fingerprint density at radius 2 is 1.94 bits per heavy atom. The van der Waals surface area contributed by atoms with Gasteiger partial charge in [0.05, 0.1) is 25.0 Å². The summed E-state index contributed by atoms with van der Waals surface area (Å²) in [5, 5.41) is 2.97. The highest BCUT2D eigenvalue weighted by Crippen LogP contribution is 2.39. The molecule has 1 fully saturated rings. The first kappa shape index (κ1) is 24.1. The quantitative estimate of drug-likeness (QED) is 0.566. The first-order valence-corrected chi connectivity index (χ1v) is 12.0. The van der Waals surface area contributed by atoms with E-state index in [1.54, 1.807) is 18.3 Å². The van der Waals surface area contributed by atoms with Crippen LogP contribution in [-0.2, 0) is 4.79 Å². The Bertz CT molecular complexity index is 1280. The largest absolute Gasteiger partial charge is 0.486 e. The molecule has 0 aliphatic carbocycles. The summed E-state index contributed by atoms with van der Waals surface area (Å²) in [6.07, 6.45) is 3.47. The van der Waals surface area contributed by atoms with Gasteiger partial charge in [0.1, 0.15) is 18.1 Å². The Morgan fingerprint density at radius 1 is 1.11 bits per heavy atom. The van der Waals surface area contributed by atoms with E-state index in [4.69, 9.17) is 4.74 Å². The molecule has 8 nitrogen and oxygen atoms in total. The second kappa shape index (κ2) is 9.77. The van der Waals surface area contributed by atoms with Crippen molar-refractivity contribution in [1.82, 2.24) is 19.9 Å². The maximum absolute atomic E-state index is 14.9. The molecule has 3 aromatic rings. The van der Waals surface area contributed by atoms with Crippen LogP contribution in [0.25, 0.3) is 11.3 Å². The normalized spacial score (nSPS) is 18.2. The van der Waals surface area contributed by atoms with E-state index in [1.165, 1.54) is 6.07 Å². The van der Waals surface area contributed by atoms with Gasteiger partial charge in [-0.2, -0.15) is 0 Å². The number of fused-ring (bicyclic) bond motifs is 1. The molecule has 2 aliphatic heterocycles. The number of benzene rings is 1. The van der Waals surface area contributed by atoms with Gasteiger partial charge in [-0.15, -0.1) is 0 Å². The van der Waals surface area contributed by atoms with Crippen LogP contribution in [-0.4, -0.2) is 65.0 Å². The van der Waals surface area contributed by atoms with Crippen molar-refractivity contribution in [2.45, 2.75) is 32.2 Å². The van der Waals surface area contributed by atoms with Crippen molar-refractivity contribution in [3.05, 3.63) is 53.9 Å². The molecular formula is C26H28F2N6O2. The number of carbonyl (C=O) groups excluding carboxylic acids is 1. The van der Waals surface area contributed by atoms with Crippen molar-refractivity contribution < 1.29 is 18.3 Å². The number of piperidine rings is 1. The first-order chi connectivity index (χ1) is 17.3. The standard InChI is InChI=1S/C26H28F2N6O2/c1-15(2)34-8-9-36-25-19(27)10-17(11-21(25)34)24-20(28)13-30-26(32-24)31-23-5-4-16(12-29-23)18-6-7-33(3)14-22(18)35/h4-5,10-13,15,18H,6-9,14H2,1-3H3,(H,29,30,31,32). The lowest BCUT2D eigenvalue weighted by molar-refractivity contribution is -0.123. The molecule has 0 saturated carbocycles. The van der Waals surface area contributed by atoms with Gasteiger partial charge >= 0.3 is 0 Å². The number of pyridine rings is 1. The molecule has 1 atom stereocenters. The minimum absolute atomic E-state index is 0.0305. The molecule has 36 heavy (non-hydrogen) atoms. The zero-order valence-corrected chi connectivity index (χ0v) is 20.5. The minimum Gasteiger partial charge on any atom is -0.486 e. The van der Waals surface area contributed by atoms with Crippen LogP contribution in [0.4, 0.5) is 26.2 Å². The summed E-state index contributed by atoms with van der Waals surface area (Å²) < 4.78 is 35.2. The number of hydrogen-bond acceptors (Lipinski definition) is 8. The molecule has 188 valence electrons. The summed E-state index contributed by atoms with van der Waals surface area (Å²) in [4.78, 5) is 29.1. The van der Waals surface area contributed by atoms with E-state index in [9.17, 15) is 13.6 Å². The molecule has 10 heteroatoms. The second-order valence-electron chi connectivity index (χ2n) is 9.48. The van der Waals surface area contributed by atoms with Gasteiger partial charge in [-0.25, -0.2) is 23.7 Å². The summed E-state index contributed by atoms with van der Waals surface area (Å²) in [5.41, 5.74) is 1.69. The Balaban J connectivity index is 1.40. The Morgan fingerprint density at radius 3 is 2.67 bits per heavy atom. The van der Waals surface area contributed by atoms with Gasteiger partial charge in [-0.05, 0) is 57.6 Å². The third-order valence-corrected chi connectivity index (χ3v) is 6.60. The molecule has 1 N–H and O–H groups in total. The number of Topliss-reactive ketones (excluding diaryl/α,β-unsaturated/α-hetero) is 1. The predicted molar refractivity (Wildman–Crippen MR) is 133 cm³/mol. The smallest absolute Gasteiger partial charge is 0.229 e. The molecule has 1 aromatic carbocycles. The number of likely N-dealkylation sites (N-methyl/N-ethyl adjacent to an activating group) is 1. The monoisotopic (exact) mass is 494 g/mol. The van der Waals surface area contributed by atoms with Crippen molar-refractivity contribution in [3.8, 4) is 17.0 Å². The fraction of sp³-hybridized carbons (Fsp3) is 0.385. The van der Waals surface area contributed by atoms with E-state index in [1.807, 2.05) is 36.8 Å². The summed E-state index contributed by atoms with van der Waals surface area (Å²) in [5.74, 6) is -0.484. The molecule has 2 aliphatic rings. The highest BCUT2D eigenvalue weighted by atomic mass is 19.1. The highest BCUT2D eigenvalue weighted by molar-refractivity contribution is 5.88. The van der Waals surface area contributed by atoms with Gasteiger partial charge in [-0.3, -0.25) is 9.69 Å². The lowest BCUT2D eigenvalue weighted by Crippen LogP contribution is -2.38. The molecule has 0 amide bonds. The summed E-state index contributed by atoms with van der Waals surface area (Å²) in [7, 11) is 1.93. The number of halogens is 2. The SMILES string of the molecule is CC(C)N1CCOc2c(F)cc(-c3nc(Nc4ccc(C5CCN(C)CC5=O)cn4)ncc3F)cc21. The van der Waals surface area contributed by atoms with E-state index in [-0.39, 0.29) is 40.7 Å². The van der Waals surface area contributed by atoms with Crippen LogP contribution in [0.15, 0.2) is 36.7 Å². The number of aromatic nitrogens is 3. The fourth-order valence-electron chi connectivity index (χ4n) is 4.72. The zero-order chi connectivity index (χ0) is 25.4. The van der Waals surface area contributed by atoms with Crippen LogP contribution in [0.5, 0.6) is 5.75 Å². The fourth-order valence-corrected chi connectivity index (χ4v) is 4.72. The topological polar surface area (TPSA) is 83.5 Å². The number of rotatable bonds is 5. The maximum atomic E-state index is 14.9. The summed E-state index contributed by atoms with van der Waals surface area (Å²) >= 11 is 0. The number of hydrogen-bond donors (Lipinski definition) is 1. The Kier molecular flexibility index (Phi) is 6.53. The van der Waals surface area contributed by atoms with Crippen LogP contribution < -0.4 is 15.0 Å². The van der Waals surface area contributed by atoms with Gasteiger partial charge in [0, 0.05) is 23.7 Å². The second-order valence-corrected chi connectivity index (χ2v) is 9.48. The number of anilines is 3. The number of nitrogens with one attached hydrogen (secondary N) is 1. The average Bonchev–Trinajstić information content (AvgIpc) is 2.85. The van der Waals surface area contributed by atoms with E-state index in [0.717, 1.165) is 24.7 Å². The van der Waals surface area contributed by atoms with Crippen molar-refractivity contribution in [2.24, 2.45) is 0 Å². The third-order valence-electron chi connectivity index (χ3n) is 6.60. The van der Waals surface area contributed by atoms with Crippen LogP contribution in [0.1, 0.15) is 31.7 Å². The Labute approximate surface area is 208 Å². The van der Waals surface area contributed by atoms with E-state index < -0.39 is 11.6 Å². The van der Waals surface area contributed by atoms with Crippen molar-refractivity contribution in [2.75, 3.05) is 43.5 Å². The number of ether oxygens (including phenoxy) is 1. The van der Waals surface area contributed by atoms with Crippen molar-refractivity contribution in [3.63, 3.8) is 0 Å². The van der Waals surface area contributed by atoms with Gasteiger partial charge in [0.15, 0.2) is 23.2 Å². The lowest BCUT2D eigenvalue weighted by Gasteiger charge is -2.34. The van der Waals surface area contributed by atoms with Crippen molar-refractivity contribution >= 4 is 23.2 Å². The molecule has 2 aromatic heterocycles. The maximum Gasteiger partial charge on any atom is 0.229 e. The minimum atomic E-state index is -0.670.